The summed E-state index contributed by atoms with van der Waals surface area (Å²) in [6.07, 6.45) is 0.687. The molecule has 0 aliphatic rings. The highest BCUT2D eigenvalue weighted by atomic mass is 16.6. The molecule has 0 saturated carbocycles. The van der Waals surface area contributed by atoms with E-state index < -0.39 is 34.8 Å². The Labute approximate surface area is 119 Å². The van der Waals surface area contributed by atoms with Crippen LogP contribution < -0.4 is 0 Å². The van der Waals surface area contributed by atoms with Gasteiger partial charge in [-0.1, -0.05) is 6.92 Å². The van der Waals surface area contributed by atoms with E-state index in [0.29, 0.717) is 6.42 Å². The number of carboxylic acids is 2. The van der Waals surface area contributed by atoms with E-state index in [1.54, 1.807) is 6.92 Å². The SMILES string of the molecule is CCCC(=O)OC(C)(CC(C)(C)C(=O)O)C(C)C(=O)O. The average molecular weight is 288 g/mol. The molecule has 0 aliphatic carbocycles. The first-order valence-electron chi connectivity index (χ1n) is 6.64. The Kier molecular flexibility index (Phi) is 6.19. The van der Waals surface area contributed by atoms with Crippen molar-refractivity contribution >= 4 is 17.9 Å². The fourth-order valence-corrected chi connectivity index (χ4v) is 2.01. The summed E-state index contributed by atoms with van der Waals surface area (Å²) < 4.78 is 5.30. The van der Waals surface area contributed by atoms with Crippen LogP contribution in [0, 0.1) is 11.3 Å². The topological polar surface area (TPSA) is 101 Å². The Hall–Kier alpha value is -1.59. The summed E-state index contributed by atoms with van der Waals surface area (Å²) in [5.74, 6) is -3.70. The standard InChI is InChI=1S/C14H24O6/c1-6-7-10(15)20-14(5,9(2)11(16)17)8-13(3,4)12(18)19/h9H,6-8H2,1-5H3,(H,16,17)(H,18,19). The Morgan fingerprint density at radius 3 is 2.00 bits per heavy atom. The summed E-state index contributed by atoms with van der Waals surface area (Å²) in [6.45, 7) is 7.66. The molecule has 0 fully saturated rings. The normalized spacial score (nSPS) is 16.1. The van der Waals surface area contributed by atoms with E-state index in [1.165, 1.54) is 27.7 Å². The first kappa shape index (κ1) is 18.4. The molecule has 2 atom stereocenters. The Bertz CT molecular complexity index is 387. The van der Waals surface area contributed by atoms with Gasteiger partial charge in [-0.2, -0.15) is 0 Å². The number of rotatable bonds is 8. The van der Waals surface area contributed by atoms with E-state index in [1.807, 2.05) is 0 Å². The molecule has 2 unspecified atom stereocenters. The molecule has 6 nitrogen and oxygen atoms in total. The van der Waals surface area contributed by atoms with Crippen LogP contribution in [0.3, 0.4) is 0 Å². The van der Waals surface area contributed by atoms with Gasteiger partial charge in [-0.15, -0.1) is 0 Å². The third-order valence-corrected chi connectivity index (χ3v) is 3.46. The van der Waals surface area contributed by atoms with E-state index >= 15 is 0 Å². The second kappa shape index (κ2) is 6.72. The Morgan fingerprint density at radius 1 is 1.15 bits per heavy atom. The number of carbonyl (C=O) groups excluding carboxylic acids is 1. The number of aliphatic carboxylic acids is 2. The van der Waals surface area contributed by atoms with Gasteiger partial charge >= 0.3 is 17.9 Å². The molecule has 0 aromatic heterocycles. The molecule has 0 heterocycles. The van der Waals surface area contributed by atoms with E-state index in [4.69, 9.17) is 9.84 Å². The van der Waals surface area contributed by atoms with Crippen molar-refractivity contribution in [2.24, 2.45) is 11.3 Å². The van der Waals surface area contributed by atoms with Crippen LogP contribution in [0.4, 0.5) is 0 Å². The van der Waals surface area contributed by atoms with E-state index in [0.717, 1.165) is 0 Å². The molecule has 0 spiro atoms. The lowest BCUT2D eigenvalue weighted by Gasteiger charge is -2.37. The van der Waals surface area contributed by atoms with Crippen LogP contribution in [0.1, 0.15) is 53.9 Å². The quantitative estimate of drug-likeness (QED) is 0.665. The largest absolute Gasteiger partial charge is 0.481 e. The first-order chi connectivity index (χ1) is 8.96. The lowest BCUT2D eigenvalue weighted by Crippen LogP contribution is -2.47. The molecule has 116 valence electrons. The zero-order valence-corrected chi connectivity index (χ0v) is 12.7. The lowest BCUT2D eigenvalue weighted by atomic mass is 9.75. The number of carbonyl (C=O) groups is 3. The molecule has 0 radical (unpaired) electrons. The summed E-state index contributed by atoms with van der Waals surface area (Å²) >= 11 is 0. The van der Waals surface area contributed by atoms with Gasteiger partial charge in [0.2, 0.25) is 0 Å². The third-order valence-electron chi connectivity index (χ3n) is 3.46. The van der Waals surface area contributed by atoms with Gasteiger partial charge < -0.3 is 14.9 Å². The van der Waals surface area contributed by atoms with Crippen molar-refractivity contribution in [2.75, 3.05) is 0 Å². The predicted octanol–water partition coefficient (Wildman–Crippen LogP) is 2.31. The number of hydrogen-bond acceptors (Lipinski definition) is 4. The van der Waals surface area contributed by atoms with Crippen molar-refractivity contribution in [3.05, 3.63) is 0 Å². The van der Waals surface area contributed by atoms with Crippen LogP contribution in [0.5, 0.6) is 0 Å². The van der Waals surface area contributed by atoms with Gasteiger partial charge in [-0.05, 0) is 34.1 Å². The Balaban J connectivity index is 5.31. The van der Waals surface area contributed by atoms with Crippen molar-refractivity contribution < 1.29 is 29.3 Å². The maximum Gasteiger partial charge on any atom is 0.310 e. The number of carboxylic acid groups (broad SMARTS) is 2. The van der Waals surface area contributed by atoms with Gasteiger partial charge in [-0.3, -0.25) is 14.4 Å². The lowest BCUT2D eigenvalue weighted by molar-refractivity contribution is -0.178. The maximum atomic E-state index is 11.7. The van der Waals surface area contributed by atoms with Gasteiger partial charge in [0.1, 0.15) is 5.60 Å². The van der Waals surface area contributed by atoms with Gasteiger partial charge in [-0.25, -0.2) is 0 Å². The van der Waals surface area contributed by atoms with Gasteiger partial charge in [0.05, 0.1) is 11.3 Å². The Morgan fingerprint density at radius 2 is 1.65 bits per heavy atom. The fraction of sp³-hybridized carbons (Fsp3) is 0.786. The van der Waals surface area contributed by atoms with Crippen LogP contribution >= 0.6 is 0 Å². The zero-order chi connectivity index (χ0) is 16.1. The molecule has 0 rings (SSSR count). The van der Waals surface area contributed by atoms with Crippen LogP contribution in [0.2, 0.25) is 0 Å². The minimum atomic E-state index is -1.36. The van der Waals surface area contributed by atoms with Crippen LogP contribution in [0.25, 0.3) is 0 Å². The highest BCUT2D eigenvalue weighted by Crippen LogP contribution is 2.36. The summed E-state index contributed by atoms with van der Waals surface area (Å²) in [4.78, 5) is 34.1. The smallest absolute Gasteiger partial charge is 0.310 e. The minimum absolute atomic E-state index is 0.0712. The van der Waals surface area contributed by atoms with Crippen molar-refractivity contribution in [1.29, 1.82) is 0 Å². The van der Waals surface area contributed by atoms with Gasteiger partial charge in [0.15, 0.2) is 0 Å². The maximum absolute atomic E-state index is 11.7. The number of esters is 1. The minimum Gasteiger partial charge on any atom is -0.481 e. The summed E-state index contributed by atoms with van der Waals surface area (Å²) in [6, 6.07) is 0. The van der Waals surface area contributed by atoms with Crippen LogP contribution in [0.15, 0.2) is 0 Å². The summed E-state index contributed by atoms with van der Waals surface area (Å²) in [7, 11) is 0. The van der Waals surface area contributed by atoms with Crippen molar-refractivity contribution in [3.63, 3.8) is 0 Å². The van der Waals surface area contributed by atoms with E-state index in [2.05, 4.69) is 0 Å². The highest BCUT2D eigenvalue weighted by Gasteiger charge is 2.46. The van der Waals surface area contributed by atoms with Crippen molar-refractivity contribution in [2.45, 2.75) is 59.5 Å². The van der Waals surface area contributed by atoms with Gasteiger partial charge in [0, 0.05) is 12.8 Å². The first-order valence-corrected chi connectivity index (χ1v) is 6.64. The molecule has 6 heteroatoms. The summed E-state index contributed by atoms with van der Waals surface area (Å²) in [5.41, 5.74) is -2.55. The highest BCUT2D eigenvalue weighted by molar-refractivity contribution is 5.76. The summed E-state index contributed by atoms with van der Waals surface area (Å²) in [5, 5.41) is 18.3. The molecule has 0 aromatic carbocycles. The molecular weight excluding hydrogens is 264 g/mol. The van der Waals surface area contributed by atoms with E-state index in [9.17, 15) is 19.5 Å². The van der Waals surface area contributed by atoms with Crippen LogP contribution in [-0.2, 0) is 19.1 Å². The number of hydrogen-bond donors (Lipinski definition) is 2. The van der Waals surface area contributed by atoms with Crippen molar-refractivity contribution in [3.8, 4) is 0 Å². The molecule has 0 saturated heterocycles. The molecule has 0 aromatic rings. The van der Waals surface area contributed by atoms with Gasteiger partial charge in [0.25, 0.3) is 0 Å². The van der Waals surface area contributed by atoms with E-state index in [-0.39, 0.29) is 12.8 Å². The monoisotopic (exact) mass is 288 g/mol. The molecule has 2 N–H and O–H groups in total. The second-order valence-electron chi connectivity index (χ2n) is 5.96. The molecular formula is C14H24O6. The number of ether oxygens (including phenoxy) is 1. The molecule has 20 heavy (non-hydrogen) atoms. The van der Waals surface area contributed by atoms with Crippen LogP contribution in [-0.4, -0.2) is 33.7 Å². The second-order valence-corrected chi connectivity index (χ2v) is 5.96. The average Bonchev–Trinajstić information content (AvgIpc) is 2.26. The fourth-order valence-electron chi connectivity index (χ4n) is 2.01. The molecule has 0 bridgehead atoms. The van der Waals surface area contributed by atoms with Crippen molar-refractivity contribution in [1.82, 2.24) is 0 Å². The molecule has 0 aliphatic heterocycles. The predicted molar refractivity (Wildman–Crippen MR) is 72.2 cm³/mol. The zero-order valence-electron chi connectivity index (χ0n) is 12.7. The third kappa shape index (κ3) is 4.83. The molecule has 0 amide bonds.